The number of nitrogens with zero attached hydrogens (tertiary/aromatic N) is 3. The Morgan fingerprint density at radius 2 is 1.61 bits per heavy atom. The van der Waals surface area contributed by atoms with Crippen molar-refractivity contribution in [1.29, 1.82) is 5.26 Å². The van der Waals surface area contributed by atoms with Gasteiger partial charge < -0.3 is 15.3 Å². The van der Waals surface area contributed by atoms with Gasteiger partial charge in [0, 0.05) is 36.8 Å². The Kier molecular flexibility index (Phi) is 6.99. The van der Waals surface area contributed by atoms with Gasteiger partial charge in [-0.1, -0.05) is 36.4 Å². The Morgan fingerprint density at radius 1 is 0.972 bits per heavy atom. The molecule has 3 aromatic rings. The molecule has 3 atom stereocenters. The molecule has 0 radical (unpaired) electrons. The number of aliphatic hydroxyl groups excluding tert-OH is 1. The first-order valence-corrected chi connectivity index (χ1v) is 12.4. The van der Waals surface area contributed by atoms with Gasteiger partial charge >= 0.3 is 6.03 Å². The summed E-state index contributed by atoms with van der Waals surface area (Å²) in [6, 6.07) is 23.8. The first kappa shape index (κ1) is 24.0. The van der Waals surface area contributed by atoms with Crippen molar-refractivity contribution < 1.29 is 14.3 Å². The molecule has 36 heavy (non-hydrogen) atoms. The van der Waals surface area contributed by atoms with E-state index in [1.807, 2.05) is 29.2 Å². The molecule has 0 saturated carbocycles. The summed E-state index contributed by atoms with van der Waals surface area (Å²) in [7, 11) is 0. The van der Waals surface area contributed by atoms with E-state index in [9.17, 15) is 14.3 Å². The number of nitriles is 1. The minimum Gasteiger partial charge on any atom is -0.395 e. The van der Waals surface area contributed by atoms with Crippen molar-refractivity contribution >= 4 is 11.7 Å². The summed E-state index contributed by atoms with van der Waals surface area (Å²) < 4.78 is 13.2. The molecule has 6 nitrogen and oxygen atoms in total. The van der Waals surface area contributed by atoms with Crippen LogP contribution in [0.1, 0.15) is 29.9 Å². The lowest BCUT2D eigenvalue weighted by Crippen LogP contribution is -2.68. The molecule has 2 aliphatic heterocycles. The summed E-state index contributed by atoms with van der Waals surface area (Å²) in [5, 5.41) is 22.1. The van der Waals surface area contributed by atoms with Gasteiger partial charge in [0.15, 0.2) is 0 Å². The fourth-order valence-electron chi connectivity index (χ4n) is 5.50. The smallest absolute Gasteiger partial charge is 0.321 e. The van der Waals surface area contributed by atoms with E-state index in [1.54, 1.807) is 12.1 Å². The van der Waals surface area contributed by atoms with Gasteiger partial charge in [0.05, 0.1) is 18.2 Å². The van der Waals surface area contributed by atoms with Crippen LogP contribution in [0, 0.1) is 17.1 Å². The maximum Gasteiger partial charge on any atom is 0.321 e. The third-order valence-electron chi connectivity index (χ3n) is 7.40. The second kappa shape index (κ2) is 10.5. The lowest BCUT2D eigenvalue weighted by atomic mass is 9.74. The number of amides is 2. The van der Waals surface area contributed by atoms with Crippen molar-refractivity contribution in [2.45, 2.75) is 30.8 Å². The highest BCUT2D eigenvalue weighted by molar-refractivity contribution is 5.89. The van der Waals surface area contributed by atoms with Crippen LogP contribution in [0.5, 0.6) is 0 Å². The molecule has 7 heteroatoms. The number of hydrogen-bond acceptors (Lipinski definition) is 4. The lowest BCUT2D eigenvalue weighted by Gasteiger charge is -2.57. The van der Waals surface area contributed by atoms with Crippen molar-refractivity contribution in [2.24, 2.45) is 0 Å². The van der Waals surface area contributed by atoms with E-state index in [4.69, 9.17) is 5.26 Å². The Bertz CT molecular complexity index is 1240. The lowest BCUT2D eigenvalue weighted by molar-refractivity contribution is -0.0585. The van der Waals surface area contributed by atoms with Crippen molar-refractivity contribution in [3.63, 3.8) is 0 Å². The molecule has 0 aliphatic carbocycles. The summed E-state index contributed by atoms with van der Waals surface area (Å²) >= 11 is 0. The fourth-order valence-corrected chi connectivity index (χ4v) is 5.50. The Balaban J connectivity index is 1.33. The van der Waals surface area contributed by atoms with Crippen molar-refractivity contribution in [2.75, 3.05) is 31.6 Å². The standard InChI is InChI=1S/C29H29FN4O2/c30-24-11-13-25(14-12-24)32-29(36)33-15-1-2-16-34-26(18-33)28(27(34)19-35)23-9-7-22(8-10-23)21-5-3-20(17-31)4-6-21/h3-14,26-28,35H,1-2,15-16,18-19H2,(H,32,36)/t26-,27+,28+/m0/s1. The number of anilines is 1. The van der Waals surface area contributed by atoms with Crippen LogP contribution in [0.4, 0.5) is 14.9 Å². The quantitative estimate of drug-likeness (QED) is 0.557. The van der Waals surface area contributed by atoms with Crippen LogP contribution in [-0.4, -0.2) is 59.3 Å². The van der Waals surface area contributed by atoms with Crippen molar-refractivity contribution in [3.05, 3.63) is 89.7 Å². The normalized spacial score (nSPS) is 21.9. The third kappa shape index (κ3) is 4.83. The van der Waals surface area contributed by atoms with E-state index < -0.39 is 0 Å². The molecular weight excluding hydrogens is 455 g/mol. The minimum absolute atomic E-state index is 0.0240. The number of benzene rings is 3. The highest BCUT2D eigenvalue weighted by atomic mass is 19.1. The van der Waals surface area contributed by atoms with Crippen LogP contribution < -0.4 is 5.32 Å². The number of carbonyl (C=O) groups is 1. The number of halogens is 1. The number of urea groups is 1. The van der Waals surface area contributed by atoms with Gasteiger partial charge in [-0.15, -0.1) is 0 Å². The van der Waals surface area contributed by atoms with Gasteiger partial charge in [0.1, 0.15) is 5.82 Å². The van der Waals surface area contributed by atoms with Crippen LogP contribution in [0.15, 0.2) is 72.8 Å². The molecule has 2 aliphatic rings. The molecule has 0 unspecified atom stereocenters. The maximum atomic E-state index is 13.2. The summed E-state index contributed by atoms with van der Waals surface area (Å²) in [5.74, 6) is -0.225. The average Bonchev–Trinajstić information content (AvgIpc) is 2.89. The Morgan fingerprint density at radius 3 is 2.25 bits per heavy atom. The van der Waals surface area contributed by atoms with E-state index in [0.717, 1.165) is 36.1 Å². The molecule has 2 saturated heterocycles. The number of fused-ring (bicyclic) bond motifs is 1. The highest BCUT2D eigenvalue weighted by Gasteiger charge is 2.49. The highest BCUT2D eigenvalue weighted by Crippen LogP contribution is 2.42. The van der Waals surface area contributed by atoms with Gasteiger partial charge in [-0.2, -0.15) is 5.26 Å². The van der Waals surface area contributed by atoms with Crippen LogP contribution in [0.3, 0.4) is 0 Å². The molecule has 3 aromatic carbocycles. The SMILES string of the molecule is N#Cc1ccc(-c2ccc([C@H]3[C@@H](CO)N4CCCCN(C(=O)Nc5ccc(F)cc5)C[C@@H]34)cc2)cc1. The van der Waals surface area contributed by atoms with E-state index in [1.165, 1.54) is 12.1 Å². The Hall–Kier alpha value is -3.73. The summed E-state index contributed by atoms with van der Waals surface area (Å²) in [5.41, 5.74) is 4.46. The summed E-state index contributed by atoms with van der Waals surface area (Å²) in [4.78, 5) is 17.2. The van der Waals surface area contributed by atoms with E-state index in [-0.39, 0.29) is 36.5 Å². The molecule has 0 aromatic heterocycles. The first-order chi connectivity index (χ1) is 17.6. The first-order valence-electron chi connectivity index (χ1n) is 12.4. The van der Waals surface area contributed by atoms with E-state index >= 15 is 0 Å². The molecule has 2 N–H and O–H groups in total. The molecule has 0 bridgehead atoms. The molecule has 184 valence electrons. The predicted molar refractivity (Wildman–Crippen MR) is 137 cm³/mol. The minimum atomic E-state index is -0.340. The summed E-state index contributed by atoms with van der Waals surface area (Å²) in [6.45, 7) is 2.19. The van der Waals surface area contributed by atoms with Crippen LogP contribution in [0.25, 0.3) is 11.1 Å². The number of hydrogen-bond donors (Lipinski definition) is 2. The molecule has 0 spiro atoms. The van der Waals surface area contributed by atoms with E-state index in [2.05, 4.69) is 40.6 Å². The fraction of sp³-hybridized carbons (Fsp3) is 0.310. The molecule has 2 amide bonds. The topological polar surface area (TPSA) is 79.6 Å². The van der Waals surface area contributed by atoms with Gasteiger partial charge in [-0.05, 0) is 72.5 Å². The zero-order valence-corrected chi connectivity index (χ0v) is 20.0. The number of nitrogens with one attached hydrogen (secondary N) is 1. The van der Waals surface area contributed by atoms with Crippen LogP contribution >= 0.6 is 0 Å². The zero-order valence-electron chi connectivity index (χ0n) is 20.0. The summed E-state index contributed by atoms with van der Waals surface area (Å²) in [6.07, 6.45) is 1.85. The Labute approximate surface area is 210 Å². The maximum absolute atomic E-state index is 13.2. The monoisotopic (exact) mass is 484 g/mol. The molecular formula is C29H29FN4O2. The molecule has 5 rings (SSSR count). The van der Waals surface area contributed by atoms with Gasteiger partial charge in [0.2, 0.25) is 0 Å². The van der Waals surface area contributed by atoms with Crippen molar-refractivity contribution in [3.8, 4) is 17.2 Å². The largest absolute Gasteiger partial charge is 0.395 e. The third-order valence-corrected chi connectivity index (χ3v) is 7.40. The predicted octanol–water partition coefficient (Wildman–Crippen LogP) is 4.82. The molecule has 2 heterocycles. The van der Waals surface area contributed by atoms with Gasteiger partial charge in [-0.25, -0.2) is 9.18 Å². The van der Waals surface area contributed by atoms with E-state index in [0.29, 0.717) is 24.3 Å². The molecule has 2 fully saturated rings. The average molecular weight is 485 g/mol. The number of carbonyl (C=O) groups excluding carboxylic acids is 1. The zero-order chi connectivity index (χ0) is 25.1. The number of rotatable bonds is 4. The second-order valence-corrected chi connectivity index (χ2v) is 9.48. The van der Waals surface area contributed by atoms with Gasteiger partial charge in [0.25, 0.3) is 0 Å². The van der Waals surface area contributed by atoms with Crippen LogP contribution in [0.2, 0.25) is 0 Å². The van der Waals surface area contributed by atoms with Crippen LogP contribution in [-0.2, 0) is 0 Å². The number of aliphatic hydroxyl groups is 1. The second-order valence-electron chi connectivity index (χ2n) is 9.48. The van der Waals surface area contributed by atoms with Crippen molar-refractivity contribution in [1.82, 2.24) is 9.80 Å². The van der Waals surface area contributed by atoms with Gasteiger partial charge in [-0.3, -0.25) is 4.90 Å².